The van der Waals surface area contributed by atoms with Crippen LogP contribution in [-0.4, -0.2) is 11.6 Å². The standard InChI is InChI=1S/C24H24N2O2/c1-2-27-19-14-12-18(13-15-19)24-26-22(20-10-6-7-11-23(20)28-24)16-21(25-26)17-8-4-3-5-9-17/h3-15,21-22,24-25H,2,16H2,1H3. The molecule has 1 N–H and O–H groups in total. The Hall–Kier alpha value is -2.82. The van der Waals surface area contributed by atoms with Crippen LogP contribution in [0.4, 0.5) is 0 Å². The van der Waals surface area contributed by atoms with Gasteiger partial charge in [0.05, 0.1) is 12.6 Å². The van der Waals surface area contributed by atoms with Crippen molar-refractivity contribution in [1.82, 2.24) is 10.4 Å². The van der Waals surface area contributed by atoms with Crippen molar-refractivity contribution >= 4 is 0 Å². The van der Waals surface area contributed by atoms with Gasteiger partial charge >= 0.3 is 0 Å². The molecule has 1 fully saturated rings. The zero-order chi connectivity index (χ0) is 18.9. The van der Waals surface area contributed by atoms with Crippen LogP contribution >= 0.6 is 0 Å². The molecular formula is C24H24N2O2. The first kappa shape index (κ1) is 17.3. The van der Waals surface area contributed by atoms with Gasteiger partial charge in [-0.05, 0) is 37.1 Å². The number of hydrazine groups is 1. The Morgan fingerprint density at radius 2 is 1.68 bits per heavy atom. The van der Waals surface area contributed by atoms with E-state index in [1.807, 2.05) is 25.1 Å². The zero-order valence-corrected chi connectivity index (χ0v) is 15.9. The van der Waals surface area contributed by atoms with Crippen LogP contribution < -0.4 is 14.9 Å². The average Bonchev–Trinajstić information content (AvgIpc) is 3.20. The number of hydrogen-bond acceptors (Lipinski definition) is 4. The van der Waals surface area contributed by atoms with Crippen molar-refractivity contribution in [2.75, 3.05) is 6.61 Å². The van der Waals surface area contributed by atoms with Crippen LogP contribution in [0.2, 0.25) is 0 Å². The predicted octanol–water partition coefficient (Wildman–Crippen LogP) is 5.17. The lowest BCUT2D eigenvalue weighted by atomic mass is 9.95. The highest BCUT2D eigenvalue weighted by molar-refractivity contribution is 5.41. The zero-order valence-electron chi connectivity index (χ0n) is 15.9. The summed E-state index contributed by atoms with van der Waals surface area (Å²) in [6.45, 7) is 2.67. The monoisotopic (exact) mass is 372 g/mol. The molecule has 4 heteroatoms. The predicted molar refractivity (Wildman–Crippen MR) is 109 cm³/mol. The lowest BCUT2D eigenvalue weighted by molar-refractivity contribution is -0.0434. The Morgan fingerprint density at radius 3 is 2.46 bits per heavy atom. The van der Waals surface area contributed by atoms with E-state index in [4.69, 9.17) is 9.47 Å². The smallest absolute Gasteiger partial charge is 0.191 e. The molecule has 3 aromatic rings. The van der Waals surface area contributed by atoms with E-state index < -0.39 is 0 Å². The van der Waals surface area contributed by atoms with Gasteiger partial charge in [0.1, 0.15) is 11.5 Å². The maximum atomic E-state index is 6.44. The minimum atomic E-state index is -0.177. The normalized spacial score (nSPS) is 23.5. The summed E-state index contributed by atoms with van der Waals surface area (Å²) >= 11 is 0. The molecule has 1 saturated heterocycles. The van der Waals surface area contributed by atoms with Crippen LogP contribution in [0.3, 0.4) is 0 Å². The Labute approximate surface area is 165 Å². The van der Waals surface area contributed by atoms with Crippen molar-refractivity contribution in [3.63, 3.8) is 0 Å². The third-order valence-electron chi connectivity index (χ3n) is 5.55. The molecule has 0 radical (unpaired) electrons. The molecule has 0 aliphatic carbocycles. The maximum Gasteiger partial charge on any atom is 0.191 e. The van der Waals surface area contributed by atoms with Gasteiger partial charge in [-0.25, -0.2) is 5.43 Å². The molecule has 3 atom stereocenters. The molecule has 2 aliphatic heterocycles. The second-order valence-electron chi connectivity index (χ2n) is 7.26. The number of hydrogen-bond donors (Lipinski definition) is 1. The highest BCUT2D eigenvalue weighted by Gasteiger charge is 2.43. The van der Waals surface area contributed by atoms with E-state index >= 15 is 0 Å². The van der Waals surface area contributed by atoms with Crippen LogP contribution in [-0.2, 0) is 0 Å². The summed E-state index contributed by atoms with van der Waals surface area (Å²) in [6.07, 6.45) is 0.835. The van der Waals surface area contributed by atoms with E-state index in [1.54, 1.807) is 0 Å². The summed E-state index contributed by atoms with van der Waals surface area (Å²) in [5, 5.41) is 2.27. The molecule has 0 aromatic heterocycles. The van der Waals surface area contributed by atoms with Gasteiger partial charge in [0.15, 0.2) is 6.23 Å². The van der Waals surface area contributed by atoms with E-state index in [2.05, 4.69) is 71.1 Å². The molecule has 0 spiro atoms. The molecule has 142 valence electrons. The Bertz CT molecular complexity index is 942. The van der Waals surface area contributed by atoms with E-state index in [0.29, 0.717) is 6.61 Å². The summed E-state index contributed by atoms with van der Waals surface area (Å²) in [4.78, 5) is 0. The fraction of sp³-hybridized carbons (Fsp3) is 0.250. The third-order valence-corrected chi connectivity index (χ3v) is 5.55. The summed E-state index contributed by atoms with van der Waals surface area (Å²) in [5.74, 6) is 1.86. The maximum absolute atomic E-state index is 6.44. The highest BCUT2D eigenvalue weighted by Crippen LogP contribution is 2.48. The molecule has 0 amide bonds. The quantitative estimate of drug-likeness (QED) is 0.685. The van der Waals surface area contributed by atoms with Crippen LogP contribution in [0.25, 0.3) is 0 Å². The number of para-hydroxylation sites is 1. The van der Waals surface area contributed by atoms with Crippen molar-refractivity contribution in [3.8, 4) is 11.5 Å². The number of nitrogens with zero attached hydrogens (tertiary/aromatic N) is 1. The summed E-state index contributed by atoms with van der Waals surface area (Å²) < 4.78 is 12.0. The van der Waals surface area contributed by atoms with Crippen LogP contribution in [0.1, 0.15) is 48.3 Å². The first-order valence-electron chi connectivity index (χ1n) is 9.91. The van der Waals surface area contributed by atoms with Gasteiger partial charge in [-0.1, -0.05) is 60.7 Å². The Morgan fingerprint density at radius 1 is 0.929 bits per heavy atom. The highest BCUT2D eigenvalue weighted by atomic mass is 16.5. The molecule has 3 aromatic carbocycles. The Kier molecular flexibility index (Phi) is 4.51. The Balaban J connectivity index is 1.50. The van der Waals surface area contributed by atoms with Gasteiger partial charge in [0.25, 0.3) is 0 Å². The molecule has 4 nitrogen and oxygen atoms in total. The minimum Gasteiger partial charge on any atom is -0.494 e. The largest absolute Gasteiger partial charge is 0.494 e. The van der Waals surface area contributed by atoms with E-state index in [0.717, 1.165) is 23.5 Å². The van der Waals surface area contributed by atoms with Crippen LogP contribution in [0.5, 0.6) is 11.5 Å². The van der Waals surface area contributed by atoms with E-state index in [-0.39, 0.29) is 18.3 Å². The molecule has 0 saturated carbocycles. The summed E-state index contributed by atoms with van der Waals surface area (Å²) in [5.41, 5.74) is 7.38. The van der Waals surface area contributed by atoms with Crippen molar-refractivity contribution in [1.29, 1.82) is 0 Å². The molecule has 5 rings (SSSR count). The van der Waals surface area contributed by atoms with Crippen molar-refractivity contribution in [2.45, 2.75) is 31.7 Å². The molecule has 2 heterocycles. The van der Waals surface area contributed by atoms with Crippen molar-refractivity contribution in [3.05, 3.63) is 95.6 Å². The van der Waals surface area contributed by atoms with Crippen molar-refractivity contribution in [2.24, 2.45) is 0 Å². The summed E-state index contributed by atoms with van der Waals surface area (Å²) in [6, 6.07) is 27.8. The number of ether oxygens (including phenoxy) is 2. The van der Waals surface area contributed by atoms with Gasteiger partial charge in [-0.3, -0.25) is 0 Å². The number of fused-ring (bicyclic) bond motifs is 3. The van der Waals surface area contributed by atoms with E-state index in [1.165, 1.54) is 11.1 Å². The van der Waals surface area contributed by atoms with Gasteiger partial charge in [-0.2, -0.15) is 5.01 Å². The molecule has 28 heavy (non-hydrogen) atoms. The first-order chi connectivity index (χ1) is 13.8. The second kappa shape index (κ2) is 7.30. The van der Waals surface area contributed by atoms with Gasteiger partial charge in [0, 0.05) is 17.2 Å². The van der Waals surface area contributed by atoms with E-state index in [9.17, 15) is 0 Å². The molecule has 3 unspecified atom stereocenters. The SMILES string of the molecule is CCOc1ccc(C2Oc3ccccc3C3CC(c4ccccc4)NN32)cc1. The number of rotatable bonds is 4. The van der Waals surface area contributed by atoms with Gasteiger partial charge in [0.2, 0.25) is 0 Å². The lowest BCUT2D eigenvalue weighted by Gasteiger charge is -2.38. The second-order valence-corrected chi connectivity index (χ2v) is 7.26. The lowest BCUT2D eigenvalue weighted by Crippen LogP contribution is -2.42. The van der Waals surface area contributed by atoms with Crippen LogP contribution in [0, 0.1) is 0 Å². The number of benzene rings is 3. The molecule has 0 bridgehead atoms. The number of nitrogens with one attached hydrogen (secondary N) is 1. The first-order valence-corrected chi connectivity index (χ1v) is 9.91. The fourth-order valence-electron chi connectivity index (χ4n) is 4.23. The summed E-state index contributed by atoms with van der Waals surface area (Å²) in [7, 11) is 0. The van der Waals surface area contributed by atoms with Crippen LogP contribution in [0.15, 0.2) is 78.9 Å². The molecule has 2 aliphatic rings. The molecular weight excluding hydrogens is 348 g/mol. The fourth-order valence-corrected chi connectivity index (χ4v) is 4.23. The van der Waals surface area contributed by atoms with Crippen molar-refractivity contribution < 1.29 is 9.47 Å². The third kappa shape index (κ3) is 3.05. The van der Waals surface area contributed by atoms with Gasteiger partial charge < -0.3 is 9.47 Å². The minimum absolute atomic E-state index is 0.177. The van der Waals surface area contributed by atoms with Gasteiger partial charge in [-0.15, -0.1) is 0 Å². The average molecular weight is 372 g/mol. The topological polar surface area (TPSA) is 33.7 Å².